The molecule has 3 amide bonds. The second kappa shape index (κ2) is 14.5. The van der Waals surface area contributed by atoms with E-state index in [-0.39, 0.29) is 25.0 Å². The number of nitrogens with zero attached hydrogens (tertiary/aromatic N) is 1. The Kier molecular flexibility index (Phi) is 11.1. The summed E-state index contributed by atoms with van der Waals surface area (Å²) in [6.45, 7) is 6.06. The maximum atomic E-state index is 13.3. The summed E-state index contributed by atoms with van der Waals surface area (Å²) in [5.74, 6) is -0.892. The van der Waals surface area contributed by atoms with Crippen molar-refractivity contribution in [2.24, 2.45) is 5.92 Å². The number of carbonyl (C=O) groups is 3. The fourth-order valence-electron chi connectivity index (χ4n) is 4.04. The van der Waals surface area contributed by atoms with E-state index in [0.29, 0.717) is 12.8 Å². The van der Waals surface area contributed by atoms with Gasteiger partial charge in [-0.15, -0.1) is 0 Å². The minimum atomic E-state index is -1.43. The van der Waals surface area contributed by atoms with Gasteiger partial charge in [-0.3, -0.25) is 14.6 Å². The molecule has 9 heteroatoms. The SMILES string of the molecule is CCc1ccc(CCOC(=O)N[C@@H](CC(C)C)C(=O)N[C@@H](Cc2ccccc2)[C@H](O)C(=O)NC2CC2)nc1. The lowest BCUT2D eigenvalue weighted by atomic mass is 9.98. The number of pyridine rings is 1. The van der Waals surface area contributed by atoms with Gasteiger partial charge in [-0.1, -0.05) is 57.2 Å². The van der Waals surface area contributed by atoms with Crippen molar-refractivity contribution < 1.29 is 24.2 Å². The first kappa shape index (κ1) is 29.1. The summed E-state index contributed by atoms with van der Waals surface area (Å²) < 4.78 is 5.32. The lowest BCUT2D eigenvalue weighted by molar-refractivity contribution is -0.132. The van der Waals surface area contributed by atoms with Crippen LogP contribution in [0.1, 0.15) is 56.9 Å². The zero-order valence-corrected chi connectivity index (χ0v) is 22.5. The number of carbonyl (C=O) groups excluding carboxylic acids is 3. The molecule has 0 spiro atoms. The van der Waals surface area contributed by atoms with Gasteiger partial charge >= 0.3 is 6.09 Å². The first-order valence-electron chi connectivity index (χ1n) is 13.4. The number of alkyl carbamates (subject to hydrolysis) is 1. The molecule has 0 radical (unpaired) electrons. The van der Waals surface area contributed by atoms with Gasteiger partial charge < -0.3 is 25.8 Å². The molecular weight excluding hydrogens is 484 g/mol. The molecule has 0 unspecified atom stereocenters. The molecule has 2 aromatic rings. The van der Waals surface area contributed by atoms with Crippen molar-refractivity contribution in [2.75, 3.05) is 6.61 Å². The minimum absolute atomic E-state index is 0.0788. The topological polar surface area (TPSA) is 130 Å². The Hall–Kier alpha value is -3.46. The van der Waals surface area contributed by atoms with Crippen molar-refractivity contribution in [2.45, 2.75) is 83.5 Å². The fourth-order valence-corrected chi connectivity index (χ4v) is 4.04. The Morgan fingerprint density at radius 1 is 1.03 bits per heavy atom. The lowest BCUT2D eigenvalue weighted by Gasteiger charge is -2.27. The van der Waals surface area contributed by atoms with Crippen molar-refractivity contribution in [1.82, 2.24) is 20.9 Å². The number of aliphatic hydroxyl groups is 1. The van der Waals surface area contributed by atoms with E-state index in [2.05, 4.69) is 27.9 Å². The van der Waals surface area contributed by atoms with Crippen LogP contribution in [0, 0.1) is 5.92 Å². The number of benzene rings is 1. The first-order valence-corrected chi connectivity index (χ1v) is 13.4. The molecule has 1 saturated carbocycles. The van der Waals surface area contributed by atoms with Crippen molar-refractivity contribution in [1.29, 1.82) is 0 Å². The average Bonchev–Trinajstić information content (AvgIpc) is 3.72. The van der Waals surface area contributed by atoms with Gasteiger partial charge in [0, 0.05) is 24.4 Å². The molecule has 1 aromatic carbocycles. The predicted octanol–water partition coefficient (Wildman–Crippen LogP) is 2.69. The summed E-state index contributed by atoms with van der Waals surface area (Å²) in [4.78, 5) is 42.8. The van der Waals surface area contributed by atoms with Crippen molar-refractivity contribution in [3.05, 3.63) is 65.5 Å². The number of aliphatic hydroxyl groups excluding tert-OH is 1. The maximum absolute atomic E-state index is 13.3. The van der Waals surface area contributed by atoms with Gasteiger partial charge in [0.15, 0.2) is 6.10 Å². The Morgan fingerprint density at radius 3 is 2.37 bits per heavy atom. The molecule has 4 N–H and O–H groups in total. The number of amides is 3. The minimum Gasteiger partial charge on any atom is -0.449 e. The quantitative estimate of drug-likeness (QED) is 0.301. The molecule has 9 nitrogen and oxygen atoms in total. The van der Waals surface area contributed by atoms with E-state index >= 15 is 0 Å². The monoisotopic (exact) mass is 524 g/mol. The molecule has 206 valence electrons. The third kappa shape index (κ3) is 9.78. The molecular formula is C29H40N4O5. The van der Waals surface area contributed by atoms with Crippen LogP contribution in [0.2, 0.25) is 0 Å². The fraction of sp³-hybridized carbons (Fsp3) is 0.517. The van der Waals surface area contributed by atoms with Gasteiger partial charge in [-0.25, -0.2) is 4.79 Å². The Balaban J connectivity index is 1.60. The van der Waals surface area contributed by atoms with Crippen molar-refractivity contribution >= 4 is 17.9 Å². The number of rotatable bonds is 14. The van der Waals surface area contributed by atoms with Crippen LogP contribution < -0.4 is 16.0 Å². The molecule has 38 heavy (non-hydrogen) atoms. The summed E-state index contributed by atoms with van der Waals surface area (Å²) in [6, 6.07) is 11.6. The zero-order chi connectivity index (χ0) is 27.5. The molecule has 1 heterocycles. The second-order valence-electron chi connectivity index (χ2n) is 10.3. The third-order valence-corrected chi connectivity index (χ3v) is 6.40. The van der Waals surface area contributed by atoms with Crippen molar-refractivity contribution in [3.63, 3.8) is 0 Å². The average molecular weight is 525 g/mol. The summed E-state index contributed by atoms with van der Waals surface area (Å²) >= 11 is 0. The summed E-state index contributed by atoms with van der Waals surface area (Å²) in [5.41, 5.74) is 2.81. The van der Waals surface area contributed by atoms with Crippen LogP contribution in [0.15, 0.2) is 48.7 Å². The molecule has 1 fully saturated rings. The number of hydrogen-bond acceptors (Lipinski definition) is 6. The van der Waals surface area contributed by atoms with Crippen LogP contribution in [0.25, 0.3) is 0 Å². The van der Waals surface area contributed by atoms with E-state index in [9.17, 15) is 19.5 Å². The molecule has 3 rings (SSSR count). The van der Waals surface area contributed by atoms with Crippen LogP contribution >= 0.6 is 0 Å². The zero-order valence-electron chi connectivity index (χ0n) is 22.5. The van der Waals surface area contributed by atoms with Gasteiger partial charge in [-0.2, -0.15) is 0 Å². The van der Waals surface area contributed by atoms with Crippen LogP contribution in [0.3, 0.4) is 0 Å². The Morgan fingerprint density at radius 2 is 1.76 bits per heavy atom. The lowest BCUT2D eigenvalue weighted by Crippen LogP contribution is -2.56. The van der Waals surface area contributed by atoms with E-state index in [1.807, 2.05) is 62.5 Å². The van der Waals surface area contributed by atoms with Crippen LogP contribution in [0.4, 0.5) is 4.79 Å². The number of aryl methyl sites for hydroxylation is 1. The van der Waals surface area contributed by atoms with E-state index in [4.69, 9.17) is 4.74 Å². The molecule has 3 atom stereocenters. The number of nitrogens with one attached hydrogen (secondary N) is 3. The molecule has 0 aliphatic heterocycles. The van der Waals surface area contributed by atoms with E-state index < -0.39 is 36.1 Å². The van der Waals surface area contributed by atoms with E-state index in [0.717, 1.165) is 36.1 Å². The summed E-state index contributed by atoms with van der Waals surface area (Å²) in [6.07, 6.45) is 3.43. The maximum Gasteiger partial charge on any atom is 0.407 e. The highest BCUT2D eigenvalue weighted by molar-refractivity contribution is 5.87. The smallest absolute Gasteiger partial charge is 0.407 e. The van der Waals surface area contributed by atoms with Gasteiger partial charge in [0.1, 0.15) is 6.04 Å². The summed E-state index contributed by atoms with van der Waals surface area (Å²) in [5, 5.41) is 19.1. The molecule has 0 saturated heterocycles. The Bertz CT molecular complexity index is 1040. The highest BCUT2D eigenvalue weighted by Gasteiger charge is 2.34. The number of ether oxygens (including phenoxy) is 1. The standard InChI is InChI=1S/C29H40N4O5/c1-4-20-10-11-22(30-18-20)14-15-38-29(37)33-25(16-19(2)3)27(35)32-24(17-21-8-6-5-7-9-21)26(34)28(36)31-23-12-13-23/h5-11,18-19,23-26,34H,4,12-17H2,1-3H3,(H,31,36)(H,32,35)(H,33,37)/t24-,25-,26-/m0/s1. The highest BCUT2D eigenvalue weighted by Crippen LogP contribution is 2.19. The Labute approximate surface area is 224 Å². The van der Waals surface area contributed by atoms with Gasteiger partial charge in [0.25, 0.3) is 5.91 Å². The number of aromatic nitrogens is 1. The predicted molar refractivity (Wildman–Crippen MR) is 144 cm³/mol. The highest BCUT2D eigenvalue weighted by atomic mass is 16.5. The molecule has 1 aliphatic rings. The number of hydrogen-bond donors (Lipinski definition) is 4. The van der Waals surface area contributed by atoms with E-state index in [1.54, 1.807) is 0 Å². The molecule has 0 bridgehead atoms. The second-order valence-corrected chi connectivity index (χ2v) is 10.3. The van der Waals surface area contributed by atoms with Gasteiger partial charge in [-0.05, 0) is 55.2 Å². The largest absolute Gasteiger partial charge is 0.449 e. The van der Waals surface area contributed by atoms with Gasteiger partial charge in [0.05, 0.1) is 12.6 Å². The van der Waals surface area contributed by atoms with Crippen LogP contribution in [-0.4, -0.2) is 58.8 Å². The van der Waals surface area contributed by atoms with Crippen molar-refractivity contribution in [3.8, 4) is 0 Å². The van der Waals surface area contributed by atoms with Crippen LogP contribution in [-0.2, 0) is 33.6 Å². The van der Waals surface area contributed by atoms with Gasteiger partial charge in [0.2, 0.25) is 5.91 Å². The summed E-state index contributed by atoms with van der Waals surface area (Å²) in [7, 11) is 0. The van der Waals surface area contributed by atoms with E-state index in [1.165, 1.54) is 0 Å². The normalized spacial score (nSPS) is 15.3. The first-order chi connectivity index (χ1) is 18.2. The molecule has 1 aliphatic carbocycles. The molecule has 1 aromatic heterocycles. The van der Waals surface area contributed by atoms with Crippen LogP contribution in [0.5, 0.6) is 0 Å². The third-order valence-electron chi connectivity index (χ3n) is 6.40.